The highest BCUT2D eigenvalue weighted by Crippen LogP contribution is 2.71. The molecule has 7 rings (SSSR count). The van der Waals surface area contributed by atoms with Crippen LogP contribution in [0.3, 0.4) is 0 Å². The summed E-state index contributed by atoms with van der Waals surface area (Å²) in [5.41, 5.74) is -8.14. The molecule has 2 aromatic rings. The maximum absolute atomic E-state index is 13.8. The van der Waals surface area contributed by atoms with Gasteiger partial charge in [0.2, 0.25) is 0 Å². The molecule has 2 aliphatic heterocycles. The van der Waals surface area contributed by atoms with Gasteiger partial charge in [0, 0.05) is 23.3 Å². The number of aliphatic hydroxyl groups is 5. The first-order chi connectivity index (χ1) is 21.3. The Morgan fingerprint density at radius 3 is 2.24 bits per heavy atom. The summed E-state index contributed by atoms with van der Waals surface area (Å²) in [5, 5.41) is 58.3. The van der Waals surface area contributed by atoms with Gasteiger partial charge in [0.05, 0.1) is 23.9 Å². The van der Waals surface area contributed by atoms with E-state index in [1.165, 1.54) is 13.0 Å². The zero-order valence-electron chi connectivity index (χ0n) is 25.0. The molecule has 12 atom stereocenters. The van der Waals surface area contributed by atoms with Gasteiger partial charge in [-0.3, -0.25) is 4.79 Å². The highest BCUT2D eigenvalue weighted by molar-refractivity contribution is 6.05. The van der Waals surface area contributed by atoms with Crippen LogP contribution in [0.25, 0.3) is 0 Å². The standard InChI is InChI=1S/C34H36O11/c1-17(2)32-26(42-28(38)20-11-7-5-8-12-20)19(4)33-22-15-18(3)24(36)31(22,41)29(39)30(40,16-35)25(37)23(33)27(32)43-34(44-32,45-33)21-13-9-6-10-14-21/h5-15,19,22-23,25-27,29,35,37,39-41H,1,16H2,2-4H3/t19-,22-,23+,25+,26-,27-,29-,30-,31-,32+,33+,34-/m1/s1. The largest absolute Gasteiger partial charge is 0.455 e. The highest BCUT2D eigenvalue weighted by Gasteiger charge is 2.87. The van der Waals surface area contributed by atoms with Gasteiger partial charge in [0.25, 0.3) is 0 Å². The van der Waals surface area contributed by atoms with Crippen LogP contribution in [0.1, 0.15) is 36.7 Å². The molecular formula is C34H36O11. The van der Waals surface area contributed by atoms with Gasteiger partial charge < -0.3 is 44.5 Å². The number of hydrogen-bond acceptors (Lipinski definition) is 11. The maximum Gasteiger partial charge on any atom is 0.338 e. The molecule has 5 N–H and O–H groups in total. The summed E-state index contributed by atoms with van der Waals surface area (Å²) in [6, 6.07) is 16.9. The second-order valence-corrected chi connectivity index (χ2v) is 13.1. The van der Waals surface area contributed by atoms with E-state index < -0.39 is 88.9 Å². The van der Waals surface area contributed by atoms with Gasteiger partial charge in [-0.15, -0.1) is 0 Å². The van der Waals surface area contributed by atoms with E-state index in [2.05, 4.69) is 6.58 Å². The number of carbonyl (C=O) groups is 2. The fourth-order valence-corrected chi connectivity index (χ4v) is 8.73. The molecule has 0 unspecified atom stereocenters. The number of fused-ring (bicyclic) bond motifs is 2. The molecule has 2 heterocycles. The van der Waals surface area contributed by atoms with Gasteiger partial charge in [-0.2, -0.15) is 0 Å². The summed E-state index contributed by atoms with van der Waals surface area (Å²) in [6.07, 6.45) is -5.49. The van der Waals surface area contributed by atoms with E-state index in [9.17, 15) is 35.1 Å². The summed E-state index contributed by atoms with van der Waals surface area (Å²) in [7, 11) is 0. The van der Waals surface area contributed by atoms with Crippen molar-refractivity contribution in [3.63, 3.8) is 0 Å². The topological polar surface area (TPSA) is 172 Å². The van der Waals surface area contributed by atoms with E-state index in [1.54, 1.807) is 74.5 Å². The first kappa shape index (κ1) is 30.4. The monoisotopic (exact) mass is 620 g/mol. The Morgan fingerprint density at radius 1 is 1.02 bits per heavy atom. The van der Waals surface area contributed by atoms with Crippen LogP contribution in [0.15, 0.2) is 84.5 Å². The molecule has 3 aliphatic carbocycles. The van der Waals surface area contributed by atoms with Crippen molar-refractivity contribution in [1.29, 1.82) is 0 Å². The second kappa shape index (κ2) is 9.63. The summed E-state index contributed by atoms with van der Waals surface area (Å²) in [6.45, 7) is 7.77. The van der Waals surface area contributed by atoms with Crippen molar-refractivity contribution >= 4 is 11.8 Å². The number of aliphatic hydroxyl groups excluding tert-OH is 3. The fourth-order valence-electron chi connectivity index (χ4n) is 8.73. The van der Waals surface area contributed by atoms with Crippen molar-refractivity contribution in [2.75, 3.05) is 6.61 Å². The lowest BCUT2D eigenvalue weighted by molar-refractivity contribution is -0.443. The zero-order chi connectivity index (χ0) is 32.3. The third kappa shape index (κ3) is 3.47. The fraction of sp³-hybridized carbons (Fsp3) is 0.471. The third-order valence-electron chi connectivity index (χ3n) is 10.9. The molecule has 5 aliphatic rings. The van der Waals surface area contributed by atoms with E-state index in [-0.39, 0.29) is 11.1 Å². The second-order valence-electron chi connectivity index (χ2n) is 13.1. The van der Waals surface area contributed by atoms with Crippen LogP contribution >= 0.6 is 0 Å². The normalized spacial score (nSPS) is 46.2. The quantitative estimate of drug-likeness (QED) is 0.240. The molecule has 0 aromatic heterocycles. The molecule has 2 saturated heterocycles. The highest BCUT2D eigenvalue weighted by atomic mass is 16.9. The van der Waals surface area contributed by atoms with Gasteiger partial charge >= 0.3 is 11.9 Å². The minimum atomic E-state index is -2.82. The van der Waals surface area contributed by atoms with Crippen LogP contribution in [0.4, 0.5) is 0 Å². The number of benzene rings is 2. The third-order valence-corrected chi connectivity index (χ3v) is 10.9. The summed E-state index contributed by atoms with van der Waals surface area (Å²) < 4.78 is 26.7. The first-order valence-electron chi connectivity index (χ1n) is 15.0. The lowest BCUT2D eigenvalue weighted by Crippen LogP contribution is -2.77. The molecule has 11 nitrogen and oxygen atoms in total. The maximum atomic E-state index is 13.8. The Bertz CT molecular complexity index is 1610. The average Bonchev–Trinajstić information content (AvgIpc) is 3.43. The van der Waals surface area contributed by atoms with Crippen LogP contribution in [0.5, 0.6) is 0 Å². The average molecular weight is 621 g/mol. The molecule has 11 heteroatoms. The van der Waals surface area contributed by atoms with E-state index in [1.807, 2.05) is 0 Å². The molecule has 0 amide bonds. The Hall–Kier alpha value is -3.26. The molecule has 0 spiro atoms. The van der Waals surface area contributed by atoms with Crippen molar-refractivity contribution < 1.29 is 54.1 Å². The number of ether oxygens (including phenoxy) is 4. The Morgan fingerprint density at radius 2 is 1.64 bits per heavy atom. The minimum absolute atomic E-state index is 0.0743. The number of carbonyl (C=O) groups excluding carboxylic acids is 2. The number of ketones is 1. The van der Waals surface area contributed by atoms with Crippen LogP contribution in [-0.4, -0.2) is 90.7 Å². The van der Waals surface area contributed by atoms with E-state index in [0.717, 1.165) is 0 Å². The number of esters is 1. The van der Waals surface area contributed by atoms with E-state index in [0.29, 0.717) is 11.1 Å². The number of Topliss-reactive ketones (excluding diaryl/α,β-unsaturated/α-hetero) is 1. The van der Waals surface area contributed by atoms with Crippen molar-refractivity contribution in [2.24, 2.45) is 17.8 Å². The number of rotatable bonds is 5. The predicted octanol–water partition coefficient (Wildman–Crippen LogP) is 1.12. The van der Waals surface area contributed by atoms with Gasteiger partial charge in [-0.25, -0.2) is 4.79 Å². The van der Waals surface area contributed by atoms with Crippen molar-refractivity contribution in [1.82, 2.24) is 0 Å². The van der Waals surface area contributed by atoms with Crippen LogP contribution in [0.2, 0.25) is 0 Å². The van der Waals surface area contributed by atoms with Crippen LogP contribution in [0, 0.1) is 17.8 Å². The summed E-state index contributed by atoms with van der Waals surface area (Å²) >= 11 is 0. The van der Waals surface area contributed by atoms with Crippen molar-refractivity contribution in [2.45, 2.75) is 73.6 Å². The Labute approximate surface area is 259 Å². The molecular weight excluding hydrogens is 584 g/mol. The molecule has 3 bridgehead atoms. The van der Waals surface area contributed by atoms with Gasteiger partial charge in [0.1, 0.15) is 23.9 Å². The van der Waals surface area contributed by atoms with Gasteiger partial charge in [-0.1, -0.05) is 68.1 Å². The van der Waals surface area contributed by atoms with Gasteiger partial charge in [0.15, 0.2) is 17.0 Å². The molecule has 2 aromatic carbocycles. The molecule has 238 valence electrons. The first-order valence-corrected chi connectivity index (χ1v) is 15.0. The Balaban J connectivity index is 1.54. The molecule has 2 saturated carbocycles. The lowest BCUT2D eigenvalue weighted by Gasteiger charge is -2.62. The molecule has 45 heavy (non-hydrogen) atoms. The number of hydrogen-bond donors (Lipinski definition) is 5. The van der Waals surface area contributed by atoms with Crippen molar-refractivity contribution in [3.05, 3.63) is 95.6 Å². The van der Waals surface area contributed by atoms with Crippen molar-refractivity contribution in [3.8, 4) is 0 Å². The SMILES string of the molecule is C=C(C)[C@@]12O[C@@]3(c4ccccc4)O[C@@H]1[C@@H]1[C@H](O)[C@](O)(CO)[C@@H](O)[C@]4(O)C(=O)C(C)=C[C@H]4[C@@]1(O3)[C@H](C)[C@H]2OC(=O)c1ccccc1. The van der Waals surface area contributed by atoms with Crippen LogP contribution in [-0.2, 0) is 29.7 Å². The van der Waals surface area contributed by atoms with E-state index >= 15 is 0 Å². The smallest absolute Gasteiger partial charge is 0.338 e. The molecule has 4 fully saturated rings. The summed E-state index contributed by atoms with van der Waals surface area (Å²) in [5.74, 6) is -7.44. The summed E-state index contributed by atoms with van der Waals surface area (Å²) in [4.78, 5) is 27.5. The van der Waals surface area contributed by atoms with Crippen LogP contribution < -0.4 is 0 Å². The van der Waals surface area contributed by atoms with Gasteiger partial charge in [-0.05, 0) is 37.1 Å². The predicted molar refractivity (Wildman–Crippen MR) is 155 cm³/mol. The minimum Gasteiger partial charge on any atom is -0.455 e. The Kier molecular flexibility index (Phi) is 6.50. The molecule has 0 radical (unpaired) electrons. The zero-order valence-corrected chi connectivity index (χ0v) is 25.0. The lowest BCUT2D eigenvalue weighted by atomic mass is 9.52. The van der Waals surface area contributed by atoms with E-state index in [4.69, 9.17) is 18.9 Å².